The zero-order chi connectivity index (χ0) is 30.1. The zero-order valence-electron chi connectivity index (χ0n) is 23.5. The van der Waals surface area contributed by atoms with E-state index >= 15 is 0 Å². The molecule has 0 saturated heterocycles. The van der Waals surface area contributed by atoms with Crippen molar-refractivity contribution in [1.82, 2.24) is 9.66 Å². The van der Waals surface area contributed by atoms with E-state index in [1.54, 1.807) is 49.7 Å². The summed E-state index contributed by atoms with van der Waals surface area (Å²) in [6.07, 6.45) is 1.58. The van der Waals surface area contributed by atoms with Crippen LogP contribution in [0.5, 0.6) is 11.5 Å². The number of rotatable bonds is 8. The van der Waals surface area contributed by atoms with Gasteiger partial charge in [0, 0.05) is 31.4 Å². The number of benzene rings is 4. The second-order valence-corrected chi connectivity index (χ2v) is 10.8. The minimum absolute atomic E-state index is 0.248. The van der Waals surface area contributed by atoms with E-state index in [4.69, 9.17) is 42.1 Å². The molecule has 0 bridgehead atoms. The zero-order valence-corrected chi connectivity index (χ0v) is 25.1. The van der Waals surface area contributed by atoms with Crippen LogP contribution in [0.1, 0.15) is 11.1 Å². The maximum atomic E-state index is 13.8. The first-order valence-corrected chi connectivity index (χ1v) is 14.1. The summed E-state index contributed by atoms with van der Waals surface area (Å²) >= 11 is 12.3. The van der Waals surface area contributed by atoms with E-state index in [-0.39, 0.29) is 18.0 Å². The Kier molecular flexibility index (Phi) is 7.80. The fourth-order valence-corrected chi connectivity index (χ4v) is 4.98. The molecular formula is C33H26Cl2N4O4. The number of methoxy groups -OCH3 is 1. The molecule has 43 heavy (non-hydrogen) atoms. The SMILES string of the molecule is COc1cccc2oc(-c3nc4ccccc4c(=O)n3N=Cc3ccc(N(C)C)cc3OCc3ccc(Cl)c(Cl)c3)cc12. The van der Waals surface area contributed by atoms with Gasteiger partial charge in [0.05, 0.1) is 39.7 Å². The number of anilines is 1. The molecule has 6 rings (SSSR count). The van der Waals surface area contributed by atoms with Gasteiger partial charge in [-0.1, -0.05) is 47.5 Å². The lowest BCUT2D eigenvalue weighted by atomic mass is 10.2. The van der Waals surface area contributed by atoms with Crippen molar-refractivity contribution in [2.75, 3.05) is 26.1 Å². The molecule has 0 N–H and O–H groups in total. The van der Waals surface area contributed by atoms with E-state index < -0.39 is 0 Å². The van der Waals surface area contributed by atoms with Crippen LogP contribution in [-0.2, 0) is 6.61 Å². The first-order valence-electron chi connectivity index (χ1n) is 13.3. The average Bonchev–Trinajstić information content (AvgIpc) is 3.46. The van der Waals surface area contributed by atoms with Crippen molar-refractivity contribution in [3.8, 4) is 23.1 Å². The molecule has 216 valence electrons. The molecule has 0 fully saturated rings. The topological polar surface area (TPSA) is 82.1 Å². The third-order valence-corrected chi connectivity index (χ3v) is 7.66. The monoisotopic (exact) mass is 612 g/mol. The molecule has 0 radical (unpaired) electrons. The Balaban J connectivity index is 1.45. The highest BCUT2D eigenvalue weighted by molar-refractivity contribution is 6.42. The van der Waals surface area contributed by atoms with Gasteiger partial charge in [0.1, 0.15) is 23.7 Å². The molecule has 4 aromatic carbocycles. The van der Waals surface area contributed by atoms with E-state index in [1.807, 2.05) is 67.5 Å². The smallest absolute Gasteiger partial charge is 0.282 e. The molecule has 2 heterocycles. The number of halogens is 2. The van der Waals surface area contributed by atoms with Crippen molar-refractivity contribution in [2.24, 2.45) is 5.10 Å². The third-order valence-electron chi connectivity index (χ3n) is 6.92. The van der Waals surface area contributed by atoms with Gasteiger partial charge in [0.2, 0.25) is 5.82 Å². The largest absolute Gasteiger partial charge is 0.496 e. The first kappa shape index (κ1) is 28.3. The van der Waals surface area contributed by atoms with Crippen molar-refractivity contribution in [1.29, 1.82) is 0 Å². The summed E-state index contributed by atoms with van der Waals surface area (Å²) in [4.78, 5) is 20.5. The lowest BCUT2D eigenvalue weighted by Gasteiger charge is -2.16. The fraction of sp³-hybridized carbons (Fsp3) is 0.121. The summed E-state index contributed by atoms with van der Waals surface area (Å²) in [7, 11) is 5.49. The van der Waals surface area contributed by atoms with Gasteiger partial charge >= 0.3 is 0 Å². The second kappa shape index (κ2) is 11.8. The number of aromatic nitrogens is 2. The standard InChI is InChI=1S/C33H26Cl2N4O4/c1-38(2)22-13-12-21(30(16-22)42-19-20-11-14-25(34)26(35)15-20)18-36-39-32(37-27-8-5-4-7-23(27)33(39)40)31-17-24-28(41-3)9-6-10-29(24)43-31/h4-18H,19H2,1-3H3. The van der Waals surface area contributed by atoms with E-state index in [0.717, 1.165) is 16.6 Å². The Morgan fingerprint density at radius 2 is 1.77 bits per heavy atom. The highest BCUT2D eigenvalue weighted by atomic mass is 35.5. The van der Waals surface area contributed by atoms with Gasteiger partial charge in [-0.05, 0) is 60.2 Å². The first-order chi connectivity index (χ1) is 20.8. The third kappa shape index (κ3) is 5.67. The van der Waals surface area contributed by atoms with Crippen LogP contribution in [0, 0.1) is 0 Å². The Morgan fingerprint density at radius 1 is 0.930 bits per heavy atom. The average molecular weight is 614 g/mol. The summed E-state index contributed by atoms with van der Waals surface area (Å²) in [5, 5.41) is 6.73. The van der Waals surface area contributed by atoms with Gasteiger partial charge in [0.25, 0.3) is 5.56 Å². The Morgan fingerprint density at radius 3 is 2.56 bits per heavy atom. The van der Waals surface area contributed by atoms with Gasteiger partial charge in [-0.2, -0.15) is 9.78 Å². The summed E-state index contributed by atoms with van der Waals surface area (Å²) in [6, 6.07) is 25.5. The van der Waals surface area contributed by atoms with Crippen molar-refractivity contribution in [2.45, 2.75) is 6.61 Å². The molecule has 0 amide bonds. The van der Waals surface area contributed by atoms with Crippen LogP contribution in [-0.4, -0.2) is 37.1 Å². The van der Waals surface area contributed by atoms with Crippen LogP contribution in [0.3, 0.4) is 0 Å². The summed E-state index contributed by atoms with van der Waals surface area (Å²) in [5.41, 5.74) is 3.23. The maximum absolute atomic E-state index is 13.8. The minimum Gasteiger partial charge on any atom is -0.496 e. The lowest BCUT2D eigenvalue weighted by Crippen LogP contribution is -2.20. The van der Waals surface area contributed by atoms with Crippen molar-refractivity contribution in [3.05, 3.63) is 116 Å². The molecule has 0 atom stereocenters. The van der Waals surface area contributed by atoms with Gasteiger partial charge in [0.15, 0.2) is 5.76 Å². The van der Waals surface area contributed by atoms with Gasteiger partial charge in [-0.25, -0.2) is 4.98 Å². The minimum atomic E-state index is -0.340. The molecule has 0 saturated carbocycles. The molecule has 2 aromatic heterocycles. The lowest BCUT2D eigenvalue weighted by molar-refractivity contribution is 0.306. The van der Waals surface area contributed by atoms with Gasteiger partial charge < -0.3 is 18.8 Å². The highest BCUT2D eigenvalue weighted by Crippen LogP contribution is 2.33. The number of ether oxygens (including phenoxy) is 2. The number of furan rings is 1. The summed E-state index contributed by atoms with van der Waals surface area (Å²) in [6.45, 7) is 0.248. The molecule has 0 aliphatic carbocycles. The second-order valence-electron chi connectivity index (χ2n) is 9.95. The van der Waals surface area contributed by atoms with Crippen LogP contribution in [0.15, 0.2) is 99.2 Å². The molecule has 6 aromatic rings. The number of hydrogen-bond acceptors (Lipinski definition) is 7. The molecule has 0 spiro atoms. The molecule has 0 aliphatic heterocycles. The van der Waals surface area contributed by atoms with E-state index in [2.05, 4.69) is 5.10 Å². The predicted octanol–water partition coefficient (Wildman–Crippen LogP) is 7.65. The highest BCUT2D eigenvalue weighted by Gasteiger charge is 2.18. The van der Waals surface area contributed by atoms with Crippen LogP contribution >= 0.6 is 23.2 Å². The molecular weight excluding hydrogens is 587 g/mol. The molecule has 10 heteroatoms. The van der Waals surface area contributed by atoms with Crippen LogP contribution in [0.2, 0.25) is 10.0 Å². The van der Waals surface area contributed by atoms with Crippen LogP contribution < -0.4 is 19.9 Å². The predicted molar refractivity (Wildman–Crippen MR) is 172 cm³/mol. The van der Waals surface area contributed by atoms with Crippen molar-refractivity contribution in [3.63, 3.8) is 0 Å². The Bertz CT molecular complexity index is 2070. The number of para-hydroxylation sites is 1. The van der Waals surface area contributed by atoms with Gasteiger partial charge in [-0.3, -0.25) is 4.79 Å². The van der Waals surface area contributed by atoms with E-state index in [1.165, 1.54) is 4.68 Å². The number of hydrogen-bond donors (Lipinski definition) is 0. The van der Waals surface area contributed by atoms with E-state index in [0.29, 0.717) is 49.4 Å². The summed E-state index contributed by atoms with van der Waals surface area (Å²) in [5.74, 6) is 1.84. The molecule has 0 unspecified atom stereocenters. The maximum Gasteiger partial charge on any atom is 0.282 e. The van der Waals surface area contributed by atoms with Crippen molar-refractivity contribution >= 4 is 57.0 Å². The fourth-order valence-electron chi connectivity index (χ4n) is 4.66. The van der Waals surface area contributed by atoms with Crippen LogP contribution in [0.4, 0.5) is 5.69 Å². The van der Waals surface area contributed by atoms with Crippen LogP contribution in [0.25, 0.3) is 33.5 Å². The van der Waals surface area contributed by atoms with Gasteiger partial charge in [-0.15, -0.1) is 0 Å². The quantitative estimate of drug-likeness (QED) is 0.164. The Hall–Kier alpha value is -4.79. The van der Waals surface area contributed by atoms with Crippen molar-refractivity contribution < 1.29 is 13.9 Å². The summed E-state index contributed by atoms with van der Waals surface area (Å²) < 4.78 is 19.1. The Labute approximate surface area is 257 Å². The molecule has 8 nitrogen and oxygen atoms in total. The number of nitrogens with zero attached hydrogens (tertiary/aromatic N) is 4. The molecule has 0 aliphatic rings. The van der Waals surface area contributed by atoms with E-state index in [9.17, 15) is 4.79 Å². The number of fused-ring (bicyclic) bond motifs is 2. The normalized spacial score (nSPS) is 11.5.